The minimum absolute atomic E-state index is 0.117. The standard InChI is InChI=1S/C7H3Cl2FS/c8-5-1-4(7(9)11)2-6(10)3-5/h1-3H. The molecule has 0 bridgehead atoms. The smallest absolute Gasteiger partial charge is 0.125 e. The summed E-state index contributed by atoms with van der Waals surface area (Å²) in [6.07, 6.45) is 0. The fourth-order valence-electron chi connectivity index (χ4n) is 0.667. The molecule has 4 heteroatoms. The van der Waals surface area contributed by atoms with Gasteiger partial charge in [0.1, 0.15) is 10.1 Å². The van der Waals surface area contributed by atoms with Crippen LogP contribution < -0.4 is 0 Å². The molecule has 0 unspecified atom stereocenters. The van der Waals surface area contributed by atoms with E-state index in [-0.39, 0.29) is 4.32 Å². The van der Waals surface area contributed by atoms with Gasteiger partial charge in [0, 0.05) is 10.6 Å². The summed E-state index contributed by atoms with van der Waals surface area (Å²) in [5.41, 5.74) is 0.437. The van der Waals surface area contributed by atoms with E-state index in [2.05, 4.69) is 12.2 Å². The molecule has 0 heterocycles. The maximum atomic E-state index is 12.6. The zero-order chi connectivity index (χ0) is 8.43. The average Bonchev–Trinajstić information content (AvgIpc) is 1.85. The van der Waals surface area contributed by atoms with Crippen LogP contribution in [0.4, 0.5) is 4.39 Å². The topological polar surface area (TPSA) is 0 Å². The molecule has 0 aromatic heterocycles. The molecular formula is C7H3Cl2FS. The van der Waals surface area contributed by atoms with E-state index in [1.165, 1.54) is 18.2 Å². The average molecular weight is 209 g/mol. The van der Waals surface area contributed by atoms with E-state index in [9.17, 15) is 4.39 Å². The Hall–Kier alpha value is -0.180. The van der Waals surface area contributed by atoms with Crippen molar-refractivity contribution in [2.75, 3.05) is 0 Å². The fraction of sp³-hybridized carbons (Fsp3) is 0. The Morgan fingerprint density at radius 1 is 1.36 bits per heavy atom. The second kappa shape index (κ2) is 3.48. The van der Waals surface area contributed by atoms with Crippen molar-refractivity contribution in [3.63, 3.8) is 0 Å². The van der Waals surface area contributed by atoms with E-state index >= 15 is 0 Å². The first-order chi connectivity index (χ1) is 5.09. The normalized spacial score (nSPS) is 9.73. The molecule has 1 rings (SSSR count). The molecule has 1 aromatic rings. The van der Waals surface area contributed by atoms with Crippen LogP contribution in [0.2, 0.25) is 5.02 Å². The van der Waals surface area contributed by atoms with Gasteiger partial charge in [-0.05, 0) is 18.2 Å². The molecule has 0 aliphatic carbocycles. The van der Waals surface area contributed by atoms with Gasteiger partial charge in [-0.25, -0.2) is 4.39 Å². The summed E-state index contributed by atoms with van der Waals surface area (Å²) < 4.78 is 12.7. The van der Waals surface area contributed by atoms with Gasteiger partial charge >= 0.3 is 0 Å². The zero-order valence-corrected chi connectivity index (χ0v) is 7.60. The highest BCUT2D eigenvalue weighted by Gasteiger charge is 2.01. The van der Waals surface area contributed by atoms with Crippen LogP contribution in [0.3, 0.4) is 0 Å². The van der Waals surface area contributed by atoms with E-state index in [1.54, 1.807) is 0 Å². The van der Waals surface area contributed by atoms with Crippen LogP contribution in [0.1, 0.15) is 5.56 Å². The summed E-state index contributed by atoms with van der Waals surface area (Å²) in [5.74, 6) is -0.435. The van der Waals surface area contributed by atoms with E-state index in [4.69, 9.17) is 23.2 Å². The highest BCUT2D eigenvalue weighted by molar-refractivity contribution is 7.83. The van der Waals surface area contributed by atoms with E-state index in [0.717, 1.165) is 0 Å². The predicted molar refractivity (Wildman–Crippen MR) is 49.0 cm³/mol. The highest BCUT2D eigenvalue weighted by Crippen LogP contribution is 2.15. The van der Waals surface area contributed by atoms with Gasteiger partial charge < -0.3 is 0 Å². The molecule has 0 aliphatic heterocycles. The van der Waals surface area contributed by atoms with Crippen molar-refractivity contribution in [3.05, 3.63) is 34.6 Å². The number of rotatable bonds is 1. The Bertz CT molecular complexity index is 278. The summed E-state index contributed by atoms with van der Waals surface area (Å²) in [4.78, 5) is 0. The summed E-state index contributed by atoms with van der Waals surface area (Å²) in [6.45, 7) is 0. The molecule has 0 nitrogen and oxygen atoms in total. The zero-order valence-electron chi connectivity index (χ0n) is 5.27. The number of halogens is 3. The number of benzene rings is 1. The lowest BCUT2D eigenvalue weighted by Crippen LogP contribution is -1.87. The Balaban J connectivity index is 3.19. The number of hydrogen-bond donors (Lipinski definition) is 0. The van der Waals surface area contributed by atoms with Crippen LogP contribution in [0, 0.1) is 5.82 Å². The summed E-state index contributed by atoms with van der Waals surface area (Å²) in [5, 5.41) is 0.294. The van der Waals surface area contributed by atoms with Crippen molar-refractivity contribution in [1.82, 2.24) is 0 Å². The molecule has 1 aromatic carbocycles. The Labute approximate surface area is 78.9 Å². The molecule has 0 fully saturated rings. The summed E-state index contributed by atoms with van der Waals surface area (Å²) >= 11 is 15.6. The maximum absolute atomic E-state index is 12.6. The minimum atomic E-state index is -0.435. The van der Waals surface area contributed by atoms with Crippen molar-refractivity contribution < 1.29 is 4.39 Å². The first-order valence-corrected chi connectivity index (χ1v) is 3.92. The van der Waals surface area contributed by atoms with Crippen molar-refractivity contribution in [2.24, 2.45) is 0 Å². The third-order valence-electron chi connectivity index (χ3n) is 1.09. The lowest BCUT2D eigenvalue weighted by atomic mass is 10.2. The molecule has 0 N–H and O–H groups in total. The molecule has 0 spiro atoms. The maximum Gasteiger partial charge on any atom is 0.125 e. The molecule has 0 amide bonds. The molecule has 11 heavy (non-hydrogen) atoms. The largest absolute Gasteiger partial charge is 0.207 e. The highest BCUT2D eigenvalue weighted by atomic mass is 35.5. The minimum Gasteiger partial charge on any atom is -0.207 e. The van der Waals surface area contributed by atoms with Gasteiger partial charge in [0.25, 0.3) is 0 Å². The third-order valence-corrected chi connectivity index (χ3v) is 1.76. The third kappa shape index (κ3) is 2.40. The van der Waals surface area contributed by atoms with Crippen molar-refractivity contribution in [3.8, 4) is 0 Å². The van der Waals surface area contributed by atoms with E-state index < -0.39 is 5.82 Å². The van der Waals surface area contributed by atoms with Gasteiger partial charge in [0.15, 0.2) is 0 Å². The molecule has 0 saturated heterocycles. The molecule has 0 radical (unpaired) electrons. The van der Waals surface area contributed by atoms with Gasteiger partial charge in [-0.3, -0.25) is 0 Å². The van der Waals surface area contributed by atoms with Gasteiger partial charge in [0.2, 0.25) is 0 Å². The molecule has 0 saturated carbocycles. The first-order valence-electron chi connectivity index (χ1n) is 2.75. The Kier molecular flexibility index (Phi) is 2.82. The molecule has 0 aliphatic rings. The van der Waals surface area contributed by atoms with Gasteiger partial charge in [0.05, 0.1) is 0 Å². The lowest BCUT2D eigenvalue weighted by Gasteiger charge is -1.96. The van der Waals surface area contributed by atoms with Gasteiger partial charge in [-0.2, -0.15) is 0 Å². The monoisotopic (exact) mass is 208 g/mol. The second-order valence-electron chi connectivity index (χ2n) is 1.93. The molecule has 0 atom stereocenters. The summed E-state index contributed by atoms with van der Waals surface area (Å²) in [6, 6.07) is 3.95. The van der Waals surface area contributed by atoms with Crippen LogP contribution in [0.5, 0.6) is 0 Å². The van der Waals surface area contributed by atoms with Crippen molar-refractivity contribution >= 4 is 39.7 Å². The van der Waals surface area contributed by atoms with Crippen molar-refractivity contribution in [2.45, 2.75) is 0 Å². The van der Waals surface area contributed by atoms with E-state index in [1.807, 2.05) is 0 Å². The first kappa shape index (κ1) is 8.91. The van der Waals surface area contributed by atoms with E-state index in [0.29, 0.717) is 10.6 Å². The molecular weight excluding hydrogens is 206 g/mol. The van der Waals surface area contributed by atoms with Crippen LogP contribution in [0.15, 0.2) is 18.2 Å². The van der Waals surface area contributed by atoms with Crippen LogP contribution >= 0.6 is 35.4 Å². The van der Waals surface area contributed by atoms with Gasteiger partial charge in [-0.15, -0.1) is 0 Å². The van der Waals surface area contributed by atoms with Crippen LogP contribution in [-0.2, 0) is 0 Å². The Morgan fingerprint density at radius 2 is 2.00 bits per heavy atom. The van der Waals surface area contributed by atoms with Crippen LogP contribution in [0.25, 0.3) is 0 Å². The van der Waals surface area contributed by atoms with Gasteiger partial charge in [-0.1, -0.05) is 35.4 Å². The lowest BCUT2D eigenvalue weighted by molar-refractivity contribution is 0.628. The Morgan fingerprint density at radius 3 is 2.45 bits per heavy atom. The molecule has 58 valence electrons. The van der Waals surface area contributed by atoms with Crippen molar-refractivity contribution in [1.29, 1.82) is 0 Å². The predicted octanol–water partition coefficient (Wildman–Crippen LogP) is 3.39. The number of thiocarbonyl (C=S) groups is 1. The second-order valence-corrected chi connectivity index (χ2v) is 3.38. The quantitative estimate of drug-likeness (QED) is 0.504. The SMILES string of the molecule is Fc1cc(Cl)cc(C(=S)Cl)c1. The van der Waals surface area contributed by atoms with Crippen LogP contribution in [-0.4, -0.2) is 4.32 Å². The number of hydrogen-bond acceptors (Lipinski definition) is 1. The summed E-state index contributed by atoms with van der Waals surface area (Å²) in [7, 11) is 0. The fourth-order valence-corrected chi connectivity index (χ4v) is 1.12.